The van der Waals surface area contributed by atoms with Crippen molar-refractivity contribution in [1.29, 1.82) is 0 Å². The van der Waals surface area contributed by atoms with Gasteiger partial charge in [0.25, 0.3) is 5.69 Å². The number of nitro groups is 1. The molecule has 1 saturated heterocycles. The molecule has 1 aliphatic heterocycles. The highest BCUT2D eigenvalue weighted by atomic mass is 16.6. The van der Waals surface area contributed by atoms with Gasteiger partial charge in [-0.05, 0) is 25.5 Å². The van der Waals surface area contributed by atoms with Crippen molar-refractivity contribution < 1.29 is 10.0 Å². The van der Waals surface area contributed by atoms with Gasteiger partial charge in [0, 0.05) is 40.8 Å². The van der Waals surface area contributed by atoms with Gasteiger partial charge in [0.1, 0.15) is 0 Å². The quantitative estimate of drug-likeness (QED) is 0.581. The van der Waals surface area contributed by atoms with Crippen LogP contribution in [-0.2, 0) is 0 Å². The number of aliphatic hydroxyl groups is 1. The second kappa shape index (κ2) is 4.64. The first-order valence-electron chi connectivity index (χ1n) is 6.33. The lowest BCUT2D eigenvalue weighted by Crippen LogP contribution is -2.28. The topological polar surface area (TPSA) is 91.2 Å². The molecule has 6 heteroatoms. The predicted octanol–water partition coefficient (Wildman–Crippen LogP) is 1.86. The van der Waals surface area contributed by atoms with Gasteiger partial charge in [-0.15, -0.1) is 0 Å². The number of hydrogen-bond donors (Lipinski definition) is 3. The summed E-state index contributed by atoms with van der Waals surface area (Å²) in [7, 11) is 0. The Hall–Kier alpha value is -1.92. The van der Waals surface area contributed by atoms with Crippen molar-refractivity contribution in [2.75, 3.05) is 6.54 Å². The van der Waals surface area contributed by atoms with Crippen LogP contribution in [0.15, 0.2) is 24.4 Å². The van der Waals surface area contributed by atoms with Gasteiger partial charge in [-0.1, -0.05) is 0 Å². The summed E-state index contributed by atoms with van der Waals surface area (Å²) in [4.78, 5) is 13.5. The minimum absolute atomic E-state index is 0.0262. The fourth-order valence-corrected chi connectivity index (χ4v) is 2.69. The molecule has 100 valence electrons. The lowest BCUT2D eigenvalue weighted by molar-refractivity contribution is -0.384. The summed E-state index contributed by atoms with van der Waals surface area (Å²) in [5, 5.41) is 25.2. The van der Waals surface area contributed by atoms with E-state index in [1.165, 1.54) is 12.1 Å². The number of aromatic amines is 1. The summed E-state index contributed by atoms with van der Waals surface area (Å²) in [6.45, 7) is 0.907. The van der Waals surface area contributed by atoms with Crippen LogP contribution in [-0.4, -0.2) is 27.6 Å². The summed E-state index contributed by atoms with van der Waals surface area (Å²) in [6, 6.07) is 4.67. The summed E-state index contributed by atoms with van der Waals surface area (Å²) in [5.41, 5.74) is 1.57. The third kappa shape index (κ3) is 2.09. The number of nitrogens with one attached hydrogen (secondary N) is 2. The molecule has 3 N–H and O–H groups in total. The molecule has 2 atom stereocenters. The highest BCUT2D eigenvalue weighted by Gasteiger charge is 2.26. The second-order valence-corrected chi connectivity index (χ2v) is 4.88. The number of rotatable bonds is 3. The number of nitro benzene ring substituents is 1. The van der Waals surface area contributed by atoms with Crippen molar-refractivity contribution in [2.24, 2.45) is 0 Å². The van der Waals surface area contributed by atoms with Crippen LogP contribution in [0.25, 0.3) is 10.9 Å². The maximum atomic E-state index is 10.8. The highest BCUT2D eigenvalue weighted by molar-refractivity contribution is 5.85. The number of nitrogens with zero attached hydrogens (tertiary/aromatic N) is 1. The molecule has 0 spiro atoms. The van der Waals surface area contributed by atoms with Crippen LogP contribution >= 0.6 is 0 Å². The lowest BCUT2D eigenvalue weighted by atomic mass is 10.0. The zero-order valence-electron chi connectivity index (χ0n) is 10.3. The minimum atomic E-state index is -0.641. The van der Waals surface area contributed by atoms with Gasteiger partial charge < -0.3 is 15.4 Å². The Morgan fingerprint density at radius 2 is 2.32 bits per heavy atom. The second-order valence-electron chi connectivity index (χ2n) is 4.88. The maximum Gasteiger partial charge on any atom is 0.270 e. The molecule has 19 heavy (non-hydrogen) atoms. The number of H-pyrrole nitrogens is 1. The van der Waals surface area contributed by atoms with E-state index >= 15 is 0 Å². The van der Waals surface area contributed by atoms with E-state index < -0.39 is 11.0 Å². The molecule has 1 aliphatic rings. The number of hydrogen-bond acceptors (Lipinski definition) is 4. The van der Waals surface area contributed by atoms with Gasteiger partial charge in [0.15, 0.2) is 0 Å². The Morgan fingerprint density at radius 3 is 3.00 bits per heavy atom. The Morgan fingerprint density at radius 1 is 1.47 bits per heavy atom. The Labute approximate surface area is 109 Å². The molecule has 1 aromatic heterocycles. The minimum Gasteiger partial charge on any atom is -0.387 e. The fourth-order valence-electron chi connectivity index (χ4n) is 2.69. The third-order valence-corrected chi connectivity index (χ3v) is 3.71. The van der Waals surface area contributed by atoms with E-state index in [4.69, 9.17) is 0 Å². The van der Waals surface area contributed by atoms with E-state index in [1.807, 2.05) is 0 Å². The molecular formula is C13H15N3O3. The van der Waals surface area contributed by atoms with Crippen molar-refractivity contribution in [3.8, 4) is 0 Å². The van der Waals surface area contributed by atoms with Crippen molar-refractivity contribution in [3.05, 3.63) is 40.1 Å². The first-order valence-corrected chi connectivity index (χ1v) is 6.33. The SMILES string of the molecule is O=[N+]([O-])c1ccc2[nH]cc(C(O)C3CCCN3)c2c1. The van der Waals surface area contributed by atoms with Gasteiger partial charge in [-0.2, -0.15) is 0 Å². The number of fused-ring (bicyclic) bond motifs is 1. The van der Waals surface area contributed by atoms with E-state index in [9.17, 15) is 15.2 Å². The molecule has 2 unspecified atom stereocenters. The molecule has 1 aromatic carbocycles. The van der Waals surface area contributed by atoms with Crippen molar-refractivity contribution in [1.82, 2.24) is 10.3 Å². The molecule has 0 aliphatic carbocycles. The van der Waals surface area contributed by atoms with E-state index in [-0.39, 0.29) is 11.7 Å². The van der Waals surface area contributed by atoms with Gasteiger partial charge in [0.05, 0.1) is 11.0 Å². The van der Waals surface area contributed by atoms with Gasteiger partial charge in [-0.25, -0.2) is 0 Å². The predicted molar refractivity (Wildman–Crippen MR) is 70.9 cm³/mol. The van der Waals surface area contributed by atoms with Crippen LogP contribution < -0.4 is 5.32 Å². The van der Waals surface area contributed by atoms with Crippen LogP contribution in [0, 0.1) is 10.1 Å². The van der Waals surface area contributed by atoms with Crippen LogP contribution in [0.5, 0.6) is 0 Å². The Balaban J connectivity index is 2.02. The molecule has 2 aromatic rings. The molecule has 0 bridgehead atoms. The zero-order valence-corrected chi connectivity index (χ0v) is 10.3. The maximum absolute atomic E-state index is 10.8. The molecule has 0 amide bonds. The molecule has 2 heterocycles. The first-order chi connectivity index (χ1) is 9.16. The van der Waals surface area contributed by atoms with Crippen molar-refractivity contribution in [2.45, 2.75) is 25.0 Å². The average Bonchev–Trinajstić information content (AvgIpc) is 3.06. The van der Waals surface area contributed by atoms with Gasteiger partial charge in [-0.3, -0.25) is 10.1 Å². The normalized spacial score (nSPS) is 20.8. The average molecular weight is 261 g/mol. The largest absolute Gasteiger partial charge is 0.387 e. The smallest absolute Gasteiger partial charge is 0.270 e. The Bertz CT molecular complexity index is 617. The summed E-state index contributed by atoms with van der Waals surface area (Å²) in [6.07, 6.45) is 3.06. The van der Waals surface area contributed by atoms with E-state index in [0.717, 1.165) is 35.9 Å². The number of benzene rings is 1. The number of non-ortho nitro benzene ring substituents is 1. The van der Waals surface area contributed by atoms with Crippen LogP contribution in [0.1, 0.15) is 24.5 Å². The molecule has 6 nitrogen and oxygen atoms in total. The number of aromatic nitrogens is 1. The first kappa shape index (κ1) is 12.1. The van der Waals surface area contributed by atoms with Crippen LogP contribution in [0.4, 0.5) is 5.69 Å². The lowest BCUT2D eigenvalue weighted by Gasteiger charge is -2.17. The summed E-state index contributed by atoms with van der Waals surface area (Å²) < 4.78 is 0. The number of aliphatic hydroxyl groups excluding tert-OH is 1. The van der Waals surface area contributed by atoms with E-state index in [1.54, 1.807) is 12.3 Å². The molecular weight excluding hydrogens is 246 g/mol. The third-order valence-electron chi connectivity index (χ3n) is 3.71. The molecule has 1 fully saturated rings. The van der Waals surface area contributed by atoms with Gasteiger partial charge in [0.2, 0.25) is 0 Å². The zero-order chi connectivity index (χ0) is 13.4. The standard InChI is InChI=1S/C13H15N3O3/c17-13(12-2-1-5-14-12)10-7-15-11-4-3-8(16(18)19)6-9(10)11/h3-4,6-7,12-15,17H,1-2,5H2. The van der Waals surface area contributed by atoms with E-state index in [0.29, 0.717) is 0 Å². The highest BCUT2D eigenvalue weighted by Crippen LogP contribution is 2.31. The van der Waals surface area contributed by atoms with Crippen molar-refractivity contribution in [3.63, 3.8) is 0 Å². The fraction of sp³-hybridized carbons (Fsp3) is 0.385. The van der Waals surface area contributed by atoms with E-state index in [2.05, 4.69) is 10.3 Å². The van der Waals surface area contributed by atoms with Crippen molar-refractivity contribution >= 4 is 16.6 Å². The molecule has 3 rings (SSSR count). The van der Waals surface area contributed by atoms with Gasteiger partial charge >= 0.3 is 0 Å². The molecule has 0 saturated carbocycles. The monoisotopic (exact) mass is 261 g/mol. The summed E-state index contributed by atoms with van der Waals surface area (Å²) in [5.74, 6) is 0. The Kier molecular flexibility index (Phi) is 2.96. The van der Waals surface area contributed by atoms with Crippen LogP contribution in [0.3, 0.4) is 0 Å². The molecule has 0 radical (unpaired) electrons. The summed E-state index contributed by atoms with van der Waals surface area (Å²) >= 11 is 0. The van der Waals surface area contributed by atoms with Crippen LogP contribution in [0.2, 0.25) is 0 Å².